The number of carbonyl (C=O) groups is 4. The molecule has 5 atom stereocenters. The molecule has 0 spiro atoms. The number of hydrogen-bond acceptors (Lipinski definition) is 7. The van der Waals surface area contributed by atoms with E-state index in [1.807, 2.05) is 44.4 Å². The summed E-state index contributed by atoms with van der Waals surface area (Å²) in [5.41, 5.74) is 7.69. The van der Waals surface area contributed by atoms with Crippen molar-refractivity contribution in [2.24, 2.45) is 11.7 Å². The van der Waals surface area contributed by atoms with Crippen LogP contribution < -0.4 is 21.7 Å². The van der Waals surface area contributed by atoms with E-state index in [1.165, 1.54) is 11.8 Å². The standard InChI is InChI=1S/C25H37N5O6S/c1-4-14(2)21(26)24(34)29-19(11-15-12-27-17-8-6-5-7-16(15)17)22(32)30-20(13-31)23(33)28-18(25(35)36)9-10-37-3/h5-8,12,14,18-21,27,31H,4,9-11,13,26H2,1-3H3,(H,28,33)(H,29,34)(H,30,32)(H,35,36). The molecule has 5 unspecified atom stereocenters. The lowest BCUT2D eigenvalue weighted by molar-refractivity contribution is -0.142. The van der Waals surface area contributed by atoms with Crippen LogP contribution in [0.2, 0.25) is 0 Å². The molecule has 37 heavy (non-hydrogen) atoms. The summed E-state index contributed by atoms with van der Waals surface area (Å²) < 4.78 is 0. The molecular weight excluding hydrogens is 498 g/mol. The van der Waals surface area contributed by atoms with Crippen LogP contribution in [0, 0.1) is 5.92 Å². The van der Waals surface area contributed by atoms with Crippen LogP contribution in [-0.4, -0.2) is 81.7 Å². The molecule has 11 nitrogen and oxygen atoms in total. The molecule has 204 valence electrons. The zero-order chi connectivity index (χ0) is 27.5. The van der Waals surface area contributed by atoms with Crippen LogP contribution in [0.15, 0.2) is 30.5 Å². The molecule has 3 amide bonds. The van der Waals surface area contributed by atoms with Gasteiger partial charge in [-0.15, -0.1) is 0 Å². The van der Waals surface area contributed by atoms with Gasteiger partial charge in [0.05, 0.1) is 12.6 Å². The number of para-hydroxylation sites is 1. The highest BCUT2D eigenvalue weighted by atomic mass is 32.2. The monoisotopic (exact) mass is 535 g/mol. The van der Waals surface area contributed by atoms with Crippen molar-refractivity contribution in [1.82, 2.24) is 20.9 Å². The Morgan fingerprint density at radius 2 is 1.65 bits per heavy atom. The molecular formula is C25H37N5O6S. The number of carboxylic acids is 1. The Hall–Kier alpha value is -3.09. The second-order valence-electron chi connectivity index (χ2n) is 8.96. The number of rotatable bonds is 15. The van der Waals surface area contributed by atoms with E-state index in [9.17, 15) is 29.4 Å². The van der Waals surface area contributed by atoms with Gasteiger partial charge in [0.2, 0.25) is 17.7 Å². The van der Waals surface area contributed by atoms with E-state index in [-0.39, 0.29) is 18.8 Å². The largest absolute Gasteiger partial charge is 0.480 e. The number of aliphatic carboxylic acids is 1. The predicted molar refractivity (Wildman–Crippen MR) is 143 cm³/mol. The molecule has 1 heterocycles. The van der Waals surface area contributed by atoms with Gasteiger partial charge in [-0.3, -0.25) is 14.4 Å². The number of aromatic amines is 1. The zero-order valence-electron chi connectivity index (χ0n) is 21.3. The van der Waals surface area contributed by atoms with Crippen LogP contribution in [0.3, 0.4) is 0 Å². The van der Waals surface area contributed by atoms with Crippen molar-refractivity contribution in [2.45, 2.75) is 57.3 Å². The number of aliphatic hydroxyl groups excluding tert-OH is 1. The van der Waals surface area contributed by atoms with Crippen LogP contribution in [0.5, 0.6) is 0 Å². The summed E-state index contributed by atoms with van der Waals surface area (Å²) in [4.78, 5) is 53.4. The number of carboxylic acid groups (broad SMARTS) is 1. The Bertz CT molecular complexity index is 1080. The Morgan fingerprint density at radius 1 is 1.03 bits per heavy atom. The van der Waals surface area contributed by atoms with E-state index in [2.05, 4.69) is 20.9 Å². The summed E-state index contributed by atoms with van der Waals surface area (Å²) in [6.07, 6.45) is 4.50. The fourth-order valence-corrected chi connectivity index (χ4v) is 4.21. The zero-order valence-corrected chi connectivity index (χ0v) is 22.1. The van der Waals surface area contributed by atoms with Gasteiger partial charge in [0.15, 0.2) is 0 Å². The minimum Gasteiger partial charge on any atom is -0.480 e. The first kappa shape index (κ1) is 30.1. The van der Waals surface area contributed by atoms with Crippen molar-refractivity contribution in [3.8, 4) is 0 Å². The molecule has 0 aliphatic heterocycles. The van der Waals surface area contributed by atoms with Crippen molar-refractivity contribution in [3.05, 3.63) is 36.0 Å². The Morgan fingerprint density at radius 3 is 2.27 bits per heavy atom. The lowest BCUT2D eigenvalue weighted by Crippen LogP contribution is -2.59. The number of aliphatic hydroxyl groups is 1. The normalized spacial score (nSPS) is 15.3. The maximum atomic E-state index is 13.3. The fraction of sp³-hybridized carbons (Fsp3) is 0.520. The molecule has 0 bridgehead atoms. The van der Waals surface area contributed by atoms with Gasteiger partial charge in [-0.25, -0.2) is 4.79 Å². The number of carbonyl (C=O) groups excluding carboxylic acids is 3. The van der Waals surface area contributed by atoms with Crippen LogP contribution in [0.1, 0.15) is 32.3 Å². The number of amides is 3. The topological polar surface area (TPSA) is 187 Å². The van der Waals surface area contributed by atoms with E-state index >= 15 is 0 Å². The molecule has 0 saturated heterocycles. The highest BCUT2D eigenvalue weighted by Crippen LogP contribution is 2.19. The second kappa shape index (κ2) is 14.6. The summed E-state index contributed by atoms with van der Waals surface area (Å²) in [6, 6.07) is 2.97. The number of H-pyrrole nitrogens is 1. The van der Waals surface area contributed by atoms with E-state index in [1.54, 1.807) is 6.20 Å². The number of nitrogens with one attached hydrogen (secondary N) is 4. The molecule has 2 aromatic rings. The van der Waals surface area contributed by atoms with Crippen molar-refractivity contribution < 1.29 is 29.4 Å². The average Bonchev–Trinajstić information content (AvgIpc) is 3.30. The summed E-state index contributed by atoms with van der Waals surface area (Å²) in [5.74, 6) is -2.89. The first-order chi connectivity index (χ1) is 17.6. The highest BCUT2D eigenvalue weighted by Gasteiger charge is 2.31. The van der Waals surface area contributed by atoms with Crippen molar-refractivity contribution in [3.63, 3.8) is 0 Å². The third-order valence-corrected chi connectivity index (χ3v) is 6.98. The third-order valence-electron chi connectivity index (χ3n) is 6.33. The molecule has 1 aromatic heterocycles. The number of fused-ring (bicyclic) bond motifs is 1. The average molecular weight is 536 g/mol. The number of benzene rings is 1. The first-order valence-electron chi connectivity index (χ1n) is 12.2. The fourth-order valence-electron chi connectivity index (χ4n) is 3.74. The van der Waals surface area contributed by atoms with E-state index in [0.717, 1.165) is 16.5 Å². The lowest BCUT2D eigenvalue weighted by Gasteiger charge is -2.25. The molecule has 0 fully saturated rings. The Balaban J connectivity index is 2.23. The van der Waals surface area contributed by atoms with Gasteiger partial charge in [-0.1, -0.05) is 38.5 Å². The summed E-state index contributed by atoms with van der Waals surface area (Å²) >= 11 is 1.43. The van der Waals surface area contributed by atoms with Crippen molar-refractivity contribution >= 4 is 46.4 Å². The number of nitrogens with two attached hydrogens (primary N) is 1. The van der Waals surface area contributed by atoms with E-state index < -0.39 is 54.5 Å². The van der Waals surface area contributed by atoms with Gasteiger partial charge in [0.25, 0.3) is 0 Å². The van der Waals surface area contributed by atoms with Gasteiger partial charge in [0.1, 0.15) is 18.1 Å². The molecule has 0 radical (unpaired) electrons. The maximum Gasteiger partial charge on any atom is 0.326 e. The van der Waals surface area contributed by atoms with Gasteiger partial charge in [-0.2, -0.15) is 11.8 Å². The third kappa shape index (κ3) is 8.48. The highest BCUT2D eigenvalue weighted by molar-refractivity contribution is 7.98. The quantitative estimate of drug-likeness (QED) is 0.170. The SMILES string of the molecule is CCC(C)C(N)C(=O)NC(Cc1c[nH]c2ccccc12)C(=O)NC(CO)C(=O)NC(CCSC)C(=O)O. The van der Waals surface area contributed by atoms with Crippen LogP contribution in [0.4, 0.5) is 0 Å². The molecule has 8 N–H and O–H groups in total. The van der Waals surface area contributed by atoms with Crippen LogP contribution in [0.25, 0.3) is 10.9 Å². The predicted octanol–water partition coefficient (Wildman–Crippen LogP) is 0.368. The lowest BCUT2D eigenvalue weighted by atomic mass is 9.98. The van der Waals surface area contributed by atoms with Gasteiger partial charge in [-0.05, 0) is 36.0 Å². The van der Waals surface area contributed by atoms with Crippen LogP contribution in [-0.2, 0) is 25.6 Å². The van der Waals surface area contributed by atoms with E-state index in [0.29, 0.717) is 12.2 Å². The Labute approximate surface area is 220 Å². The molecule has 1 aromatic carbocycles. The minimum absolute atomic E-state index is 0.0973. The second-order valence-corrected chi connectivity index (χ2v) is 9.95. The molecule has 0 saturated carbocycles. The summed E-state index contributed by atoms with van der Waals surface area (Å²) in [7, 11) is 0. The van der Waals surface area contributed by atoms with Gasteiger partial charge in [0, 0.05) is 23.5 Å². The minimum atomic E-state index is -1.41. The first-order valence-corrected chi connectivity index (χ1v) is 13.6. The number of hydrogen-bond donors (Lipinski definition) is 7. The molecule has 12 heteroatoms. The molecule has 0 aliphatic carbocycles. The summed E-state index contributed by atoms with van der Waals surface area (Å²) in [5, 5.41) is 27.5. The van der Waals surface area contributed by atoms with Gasteiger partial charge >= 0.3 is 5.97 Å². The number of thioether (sulfide) groups is 1. The number of aromatic nitrogens is 1. The smallest absolute Gasteiger partial charge is 0.326 e. The van der Waals surface area contributed by atoms with Gasteiger partial charge < -0.3 is 36.9 Å². The maximum absolute atomic E-state index is 13.3. The molecule has 2 rings (SSSR count). The van der Waals surface area contributed by atoms with E-state index in [4.69, 9.17) is 5.73 Å². The summed E-state index contributed by atoms with van der Waals surface area (Å²) in [6.45, 7) is 2.98. The molecule has 0 aliphatic rings. The Kier molecular flexibility index (Phi) is 11.9. The van der Waals surface area contributed by atoms with Crippen LogP contribution >= 0.6 is 11.8 Å². The van der Waals surface area contributed by atoms with Crippen molar-refractivity contribution in [1.29, 1.82) is 0 Å². The van der Waals surface area contributed by atoms with Crippen molar-refractivity contribution in [2.75, 3.05) is 18.6 Å².